The summed E-state index contributed by atoms with van der Waals surface area (Å²) in [5, 5.41) is 7.88. The smallest absolute Gasteiger partial charge is 0.290 e. The Morgan fingerprint density at radius 1 is 0.724 bits per heavy atom. The third-order valence-electron chi connectivity index (χ3n) is 4.55. The van der Waals surface area contributed by atoms with Crippen LogP contribution in [0.4, 0.5) is 11.4 Å². The number of amides is 2. The first-order valence-corrected chi connectivity index (χ1v) is 9.32. The average molecular weight is 382 g/mol. The fraction of sp³-hybridized carbons (Fsp3) is 0.0417. The first kappa shape index (κ1) is 18.4. The van der Waals surface area contributed by atoms with Crippen molar-refractivity contribution in [3.63, 3.8) is 0 Å². The van der Waals surface area contributed by atoms with Crippen molar-refractivity contribution >= 4 is 34.0 Å². The monoisotopic (exact) mass is 382 g/mol. The Balaban J connectivity index is 1.48. The van der Waals surface area contributed by atoms with Crippen LogP contribution in [0.25, 0.3) is 10.8 Å². The number of hydrogen-bond acceptors (Lipinski definition) is 2. The molecule has 4 rings (SSSR count). The molecule has 0 aliphatic rings. The fourth-order valence-corrected chi connectivity index (χ4v) is 3.14. The largest absolute Gasteiger partial charge is 0.322 e. The zero-order chi connectivity index (χ0) is 20.1. The molecule has 5 heteroatoms. The number of benzene rings is 3. The molecule has 0 radical (unpaired) electrons. The molecule has 4 aromatic rings. The third kappa shape index (κ3) is 4.47. The number of carbonyl (C=O) groups excluding carboxylic acids is 2. The van der Waals surface area contributed by atoms with Gasteiger partial charge in [0, 0.05) is 17.1 Å². The van der Waals surface area contributed by atoms with Gasteiger partial charge in [-0.2, -0.15) is 4.57 Å². The van der Waals surface area contributed by atoms with Crippen LogP contribution in [0.5, 0.6) is 0 Å². The highest BCUT2D eigenvalue weighted by Crippen LogP contribution is 2.17. The van der Waals surface area contributed by atoms with Crippen LogP contribution < -0.4 is 15.2 Å². The summed E-state index contributed by atoms with van der Waals surface area (Å²) in [6, 6.07) is 26.2. The van der Waals surface area contributed by atoms with Crippen molar-refractivity contribution in [2.24, 2.45) is 0 Å². The van der Waals surface area contributed by atoms with Gasteiger partial charge in [0.05, 0.1) is 11.3 Å². The van der Waals surface area contributed by atoms with E-state index in [1.807, 2.05) is 77.6 Å². The number of rotatable bonds is 5. The van der Waals surface area contributed by atoms with Gasteiger partial charge in [-0.1, -0.05) is 48.5 Å². The first-order chi connectivity index (χ1) is 14.2. The summed E-state index contributed by atoms with van der Waals surface area (Å²) in [7, 11) is 0. The molecule has 0 unspecified atom stereocenters. The van der Waals surface area contributed by atoms with Gasteiger partial charge in [0.15, 0.2) is 12.4 Å². The van der Waals surface area contributed by atoms with Gasteiger partial charge in [0.1, 0.15) is 0 Å². The van der Waals surface area contributed by atoms with Crippen LogP contribution in [-0.2, 0) is 11.3 Å². The van der Waals surface area contributed by atoms with Gasteiger partial charge in [-0.25, -0.2) is 0 Å². The average Bonchev–Trinajstić information content (AvgIpc) is 2.74. The van der Waals surface area contributed by atoms with E-state index < -0.39 is 0 Å². The van der Waals surface area contributed by atoms with E-state index in [1.54, 1.807) is 24.3 Å². The van der Waals surface area contributed by atoms with Gasteiger partial charge in [-0.15, -0.1) is 0 Å². The molecule has 1 heterocycles. The molecule has 1 aromatic heterocycles. The molecule has 5 nitrogen and oxygen atoms in total. The Bertz CT molecular complexity index is 1170. The summed E-state index contributed by atoms with van der Waals surface area (Å²) in [4.78, 5) is 25.2. The van der Waals surface area contributed by atoms with Crippen molar-refractivity contribution in [1.82, 2.24) is 0 Å². The number of para-hydroxylation sites is 2. The van der Waals surface area contributed by atoms with Crippen LogP contribution in [-0.4, -0.2) is 11.8 Å². The van der Waals surface area contributed by atoms with Gasteiger partial charge in [-0.05, 0) is 35.7 Å². The highest BCUT2D eigenvalue weighted by atomic mass is 16.2. The SMILES string of the molecule is O=C(C[n+]1ccc2ccccc2c1)Nc1ccccc1C(=O)Nc1ccccc1. The Morgan fingerprint density at radius 2 is 1.41 bits per heavy atom. The lowest BCUT2D eigenvalue weighted by Crippen LogP contribution is -2.39. The topological polar surface area (TPSA) is 62.1 Å². The number of hydrogen-bond donors (Lipinski definition) is 2. The van der Waals surface area contributed by atoms with E-state index in [1.165, 1.54) is 0 Å². The number of carbonyl (C=O) groups is 2. The van der Waals surface area contributed by atoms with Crippen molar-refractivity contribution in [3.05, 3.63) is 103 Å². The molecular formula is C24H20N3O2+. The molecule has 0 fully saturated rings. The number of pyridine rings is 1. The predicted octanol–water partition coefficient (Wildman–Crippen LogP) is 4.02. The maximum atomic E-state index is 12.7. The number of nitrogens with one attached hydrogen (secondary N) is 2. The minimum atomic E-state index is -0.273. The van der Waals surface area contributed by atoms with E-state index in [-0.39, 0.29) is 18.4 Å². The molecule has 3 aromatic carbocycles. The van der Waals surface area contributed by atoms with Crippen LogP contribution in [0.3, 0.4) is 0 Å². The van der Waals surface area contributed by atoms with Gasteiger partial charge < -0.3 is 10.6 Å². The predicted molar refractivity (Wildman–Crippen MR) is 114 cm³/mol. The van der Waals surface area contributed by atoms with E-state index in [0.717, 1.165) is 10.8 Å². The maximum Gasteiger partial charge on any atom is 0.290 e. The Morgan fingerprint density at radius 3 is 2.24 bits per heavy atom. The molecule has 142 valence electrons. The Labute approximate surface area is 168 Å². The molecule has 0 atom stereocenters. The van der Waals surface area contributed by atoms with Crippen LogP contribution in [0, 0.1) is 0 Å². The van der Waals surface area contributed by atoms with Crippen molar-refractivity contribution < 1.29 is 14.2 Å². The number of anilines is 2. The van der Waals surface area contributed by atoms with Crippen LogP contribution >= 0.6 is 0 Å². The molecule has 0 saturated carbocycles. The van der Waals surface area contributed by atoms with Crippen LogP contribution in [0.2, 0.25) is 0 Å². The molecular weight excluding hydrogens is 362 g/mol. The van der Waals surface area contributed by atoms with Gasteiger partial charge in [0.25, 0.3) is 11.8 Å². The summed E-state index contributed by atoms with van der Waals surface area (Å²) >= 11 is 0. The van der Waals surface area contributed by atoms with Crippen LogP contribution in [0.1, 0.15) is 10.4 Å². The lowest BCUT2D eigenvalue weighted by atomic mass is 10.1. The van der Waals surface area contributed by atoms with Crippen molar-refractivity contribution in [2.75, 3.05) is 10.6 Å². The molecule has 0 spiro atoms. The Kier molecular flexibility index (Phi) is 5.29. The lowest BCUT2D eigenvalue weighted by Gasteiger charge is -2.11. The summed E-state index contributed by atoms with van der Waals surface area (Å²) in [6.07, 6.45) is 3.80. The fourth-order valence-electron chi connectivity index (χ4n) is 3.14. The molecule has 0 saturated heterocycles. The minimum Gasteiger partial charge on any atom is -0.322 e. The molecule has 0 aliphatic carbocycles. The number of nitrogens with zero attached hydrogens (tertiary/aromatic N) is 1. The third-order valence-corrected chi connectivity index (χ3v) is 4.55. The van der Waals surface area contributed by atoms with E-state index in [0.29, 0.717) is 16.9 Å². The van der Waals surface area contributed by atoms with E-state index in [4.69, 9.17) is 0 Å². The molecule has 2 N–H and O–H groups in total. The van der Waals surface area contributed by atoms with Crippen molar-refractivity contribution in [2.45, 2.75) is 6.54 Å². The minimum absolute atomic E-state index is 0.152. The van der Waals surface area contributed by atoms with Crippen molar-refractivity contribution in [3.8, 4) is 0 Å². The highest BCUT2D eigenvalue weighted by molar-refractivity contribution is 6.10. The highest BCUT2D eigenvalue weighted by Gasteiger charge is 2.16. The Hall–Kier alpha value is -3.99. The van der Waals surface area contributed by atoms with Gasteiger partial charge in [0.2, 0.25) is 6.54 Å². The molecule has 0 bridgehead atoms. The van der Waals surface area contributed by atoms with Crippen molar-refractivity contribution in [1.29, 1.82) is 0 Å². The maximum absolute atomic E-state index is 12.7. The lowest BCUT2D eigenvalue weighted by molar-refractivity contribution is -0.682. The quantitative estimate of drug-likeness (QED) is 0.512. The van der Waals surface area contributed by atoms with E-state index in [2.05, 4.69) is 10.6 Å². The molecule has 29 heavy (non-hydrogen) atoms. The standard InChI is InChI=1S/C24H19N3O2/c28-23(17-27-15-14-18-8-4-5-9-19(18)16-27)26-22-13-7-6-12-21(22)24(29)25-20-10-2-1-3-11-20/h1-16H,17H2,(H-,25,26,28,29)/p+1. The molecule has 2 amide bonds. The van der Waals surface area contributed by atoms with Crippen LogP contribution in [0.15, 0.2) is 97.3 Å². The molecule has 0 aliphatic heterocycles. The zero-order valence-electron chi connectivity index (χ0n) is 15.7. The van der Waals surface area contributed by atoms with E-state index in [9.17, 15) is 9.59 Å². The van der Waals surface area contributed by atoms with Gasteiger partial charge >= 0.3 is 0 Å². The summed E-state index contributed by atoms with van der Waals surface area (Å²) in [5.74, 6) is -0.476. The zero-order valence-corrected chi connectivity index (χ0v) is 15.7. The second-order valence-electron chi connectivity index (χ2n) is 6.66. The first-order valence-electron chi connectivity index (χ1n) is 9.32. The summed E-state index contributed by atoms with van der Waals surface area (Å²) in [5.41, 5.74) is 1.59. The number of fused-ring (bicyclic) bond motifs is 1. The summed E-state index contributed by atoms with van der Waals surface area (Å²) in [6.45, 7) is 0.152. The summed E-state index contributed by atoms with van der Waals surface area (Å²) < 4.78 is 1.82. The van der Waals surface area contributed by atoms with E-state index >= 15 is 0 Å². The number of aromatic nitrogens is 1. The second kappa shape index (κ2) is 8.35. The second-order valence-corrected chi connectivity index (χ2v) is 6.66. The normalized spacial score (nSPS) is 10.5. The van der Waals surface area contributed by atoms with Gasteiger partial charge in [-0.3, -0.25) is 9.59 Å².